The largest absolute Gasteiger partial charge is 0.454 e. The van der Waals surface area contributed by atoms with Gasteiger partial charge < -0.3 is 10.1 Å². The lowest BCUT2D eigenvalue weighted by Crippen LogP contribution is -2.23. The summed E-state index contributed by atoms with van der Waals surface area (Å²) in [6.45, 7) is 0.882. The zero-order valence-corrected chi connectivity index (χ0v) is 20.7. The zero-order chi connectivity index (χ0) is 26.8. The molecule has 13 heteroatoms. The van der Waals surface area contributed by atoms with E-state index in [0.717, 1.165) is 25.1 Å². The van der Waals surface area contributed by atoms with E-state index >= 15 is 0 Å². The van der Waals surface area contributed by atoms with E-state index in [-0.39, 0.29) is 44.1 Å². The van der Waals surface area contributed by atoms with Gasteiger partial charge >= 0.3 is 6.18 Å². The van der Waals surface area contributed by atoms with E-state index in [0.29, 0.717) is 5.56 Å². The van der Waals surface area contributed by atoms with E-state index in [1.54, 1.807) is 0 Å². The van der Waals surface area contributed by atoms with E-state index in [1.165, 1.54) is 36.4 Å². The summed E-state index contributed by atoms with van der Waals surface area (Å²) < 4.78 is 81.4. The highest BCUT2D eigenvalue weighted by Crippen LogP contribution is 2.41. The summed E-state index contributed by atoms with van der Waals surface area (Å²) in [5.74, 6) is -4.12. The van der Waals surface area contributed by atoms with Crippen molar-refractivity contribution in [2.24, 2.45) is 5.14 Å². The fourth-order valence-corrected chi connectivity index (χ4v) is 4.13. The quantitative estimate of drug-likeness (QED) is 0.335. The molecular weight excluding hydrogens is 547 g/mol. The van der Waals surface area contributed by atoms with Gasteiger partial charge in [0.2, 0.25) is 10.0 Å². The summed E-state index contributed by atoms with van der Waals surface area (Å²) in [4.78, 5) is 12.6. The van der Waals surface area contributed by atoms with Crippen LogP contribution in [0.3, 0.4) is 0 Å². The zero-order valence-electron chi connectivity index (χ0n) is 18.4. The minimum atomic E-state index is -4.60. The summed E-state index contributed by atoms with van der Waals surface area (Å²) in [6.07, 6.45) is -4.60. The molecule has 0 aliphatic carbocycles. The van der Waals surface area contributed by atoms with Crippen LogP contribution in [0.2, 0.25) is 10.0 Å². The number of benzene rings is 3. The van der Waals surface area contributed by atoms with Gasteiger partial charge in [0.15, 0.2) is 5.75 Å². The highest BCUT2D eigenvalue weighted by Gasteiger charge is 2.37. The van der Waals surface area contributed by atoms with Crippen LogP contribution in [-0.4, -0.2) is 20.5 Å². The lowest BCUT2D eigenvalue weighted by Gasteiger charge is -2.18. The second-order valence-corrected chi connectivity index (χ2v) is 10.0. The second-order valence-electron chi connectivity index (χ2n) is 7.70. The van der Waals surface area contributed by atoms with E-state index in [1.807, 2.05) is 0 Å². The number of ether oxygens (including phenoxy) is 1. The van der Waals surface area contributed by atoms with Crippen LogP contribution in [0.5, 0.6) is 11.5 Å². The molecule has 6 nitrogen and oxygen atoms in total. The number of hydrogen-bond donors (Lipinski definition) is 2. The topological polar surface area (TPSA) is 98.5 Å². The van der Waals surface area contributed by atoms with E-state index in [9.17, 15) is 30.8 Å². The monoisotopic (exact) mass is 564 g/mol. The number of rotatable bonds is 7. The first-order valence-electron chi connectivity index (χ1n) is 10.1. The van der Waals surface area contributed by atoms with Gasteiger partial charge in [-0.25, -0.2) is 17.9 Å². The molecule has 0 heterocycles. The first kappa shape index (κ1) is 27.7. The van der Waals surface area contributed by atoms with Gasteiger partial charge in [-0.3, -0.25) is 4.79 Å². The van der Waals surface area contributed by atoms with Crippen molar-refractivity contribution in [3.63, 3.8) is 0 Å². The predicted octanol–water partition coefficient (Wildman–Crippen LogP) is 6.17. The van der Waals surface area contributed by atoms with Crippen molar-refractivity contribution < 1.29 is 35.5 Å². The van der Waals surface area contributed by atoms with Crippen molar-refractivity contribution in [3.8, 4) is 11.5 Å². The lowest BCUT2D eigenvalue weighted by atomic mass is 10.0. The van der Waals surface area contributed by atoms with E-state index in [4.69, 9.17) is 33.1 Å². The third-order valence-electron chi connectivity index (χ3n) is 5.10. The molecule has 0 fully saturated rings. The smallest absolute Gasteiger partial charge is 0.395 e. The minimum Gasteiger partial charge on any atom is -0.454 e. The molecule has 36 heavy (non-hydrogen) atoms. The van der Waals surface area contributed by atoms with Gasteiger partial charge in [-0.1, -0.05) is 35.3 Å². The van der Waals surface area contributed by atoms with Crippen LogP contribution < -0.4 is 15.2 Å². The maximum Gasteiger partial charge on any atom is 0.395 e. The van der Waals surface area contributed by atoms with Crippen molar-refractivity contribution >= 4 is 39.1 Å². The molecule has 0 saturated heterocycles. The third-order valence-corrected chi connectivity index (χ3v) is 6.71. The first-order chi connectivity index (χ1) is 16.7. The highest BCUT2D eigenvalue weighted by molar-refractivity contribution is 7.89. The Bertz CT molecular complexity index is 1400. The van der Waals surface area contributed by atoms with Crippen LogP contribution in [0, 0.1) is 5.82 Å². The molecule has 1 amide bonds. The van der Waals surface area contributed by atoms with Gasteiger partial charge in [0.1, 0.15) is 11.6 Å². The standard InChI is InChI=1S/C23H18Cl2F4N2O4S/c1-12(23(27,28)29)14-8-15(26)10-16(9-14)35-21-19(24)7-6-18(20(21)25)22(32)31-11-13-2-4-17(5-3-13)36(30,33)34/h2-10,12H,11H2,1H3,(H,31,32)(H2,30,33,34). The Balaban J connectivity index is 1.82. The second kappa shape index (κ2) is 10.6. The van der Waals surface area contributed by atoms with E-state index < -0.39 is 33.8 Å². The number of nitrogens with two attached hydrogens (primary N) is 1. The van der Waals surface area contributed by atoms with Gasteiger partial charge in [-0.05, 0) is 54.4 Å². The SMILES string of the molecule is CC(c1cc(F)cc(Oc2c(Cl)ccc(C(=O)NCc3ccc(S(N)(=O)=O)cc3)c2Cl)c1)C(F)(F)F. The Morgan fingerprint density at radius 1 is 1.08 bits per heavy atom. The van der Waals surface area contributed by atoms with Crippen LogP contribution in [0.1, 0.15) is 34.3 Å². The van der Waals surface area contributed by atoms with Crippen molar-refractivity contribution in [1.82, 2.24) is 5.32 Å². The van der Waals surface area contributed by atoms with Crippen molar-refractivity contribution in [2.45, 2.75) is 30.5 Å². The van der Waals surface area contributed by atoms with Crippen molar-refractivity contribution in [1.29, 1.82) is 0 Å². The Kier molecular flexibility index (Phi) is 8.19. The van der Waals surface area contributed by atoms with Crippen molar-refractivity contribution in [3.05, 3.63) is 87.2 Å². The maximum atomic E-state index is 14.0. The number of sulfonamides is 1. The van der Waals surface area contributed by atoms with Crippen LogP contribution in [0.15, 0.2) is 59.5 Å². The molecule has 0 spiro atoms. The average Bonchev–Trinajstić information content (AvgIpc) is 2.78. The number of amides is 1. The lowest BCUT2D eigenvalue weighted by molar-refractivity contribution is -0.146. The van der Waals surface area contributed by atoms with Gasteiger partial charge in [0.25, 0.3) is 5.91 Å². The predicted molar refractivity (Wildman–Crippen MR) is 126 cm³/mol. The van der Waals surface area contributed by atoms with Crippen LogP contribution in [0.25, 0.3) is 0 Å². The summed E-state index contributed by atoms with van der Waals surface area (Å²) in [5, 5.41) is 7.32. The van der Waals surface area contributed by atoms with Crippen molar-refractivity contribution in [2.75, 3.05) is 0 Å². The molecule has 0 aliphatic heterocycles. The van der Waals surface area contributed by atoms with Gasteiger partial charge in [-0.15, -0.1) is 0 Å². The third kappa shape index (κ3) is 6.67. The number of hydrogen-bond acceptors (Lipinski definition) is 4. The molecule has 3 N–H and O–H groups in total. The van der Waals surface area contributed by atoms with Crippen LogP contribution >= 0.6 is 23.2 Å². The molecule has 0 bridgehead atoms. The average molecular weight is 565 g/mol. The molecule has 3 rings (SSSR count). The Hall–Kier alpha value is -2.86. The van der Waals surface area contributed by atoms with Crippen LogP contribution in [0.4, 0.5) is 17.6 Å². The number of alkyl halides is 3. The summed E-state index contributed by atoms with van der Waals surface area (Å²) >= 11 is 12.4. The van der Waals surface area contributed by atoms with Gasteiger partial charge in [-0.2, -0.15) is 13.2 Å². The summed E-state index contributed by atoms with van der Waals surface area (Å²) in [6, 6.07) is 10.7. The number of primary sulfonamides is 1. The number of carbonyl (C=O) groups excluding carboxylic acids is 1. The Morgan fingerprint density at radius 3 is 2.31 bits per heavy atom. The molecule has 0 aliphatic rings. The number of carbonyl (C=O) groups is 1. The fourth-order valence-electron chi connectivity index (χ4n) is 3.08. The molecule has 0 radical (unpaired) electrons. The van der Waals surface area contributed by atoms with Gasteiger partial charge in [0, 0.05) is 12.6 Å². The summed E-state index contributed by atoms with van der Waals surface area (Å²) in [5.41, 5.74) is 0.119. The number of halogens is 6. The normalized spacial score (nSPS) is 12.8. The molecule has 3 aromatic rings. The van der Waals surface area contributed by atoms with E-state index in [2.05, 4.69) is 5.32 Å². The summed E-state index contributed by atoms with van der Waals surface area (Å²) in [7, 11) is -3.86. The maximum absolute atomic E-state index is 14.0. The highest BCUT2D eigenvalue weighted by atomic mass is 35.5. The molecule has 1 atom stereocenters. The molecule has 1 unspecified atom stereocenters. The molecule has 192 valence electrons. The number of nitrogens with one attached hydrogen (secondary N) is 1. The minimum absolute atomic E-state index is 0.00145. The molecule has 0 aromatic heterocycles. The molecular formula is C23H18Cl2F4N2O4S. The van der Waals surface area contributed by atoms with Crippen LogP contribution in [-0.2, 0) is 16.6 Å². The molecule has 3 aromatic carbocycles. The Labute approximate surface area is 214 Å². The fraction of sp³-hybridized carbons (Fsp3) is 0.174. The molecule has 0 saturated carbocycles. The first-order valence-corrected chi connectivity index (χ1v) is 12.4. The Morgan fingerprint density at radius 2 is 1.72 bits per heavy atom. The van der Waals surface area contributed by atoms with Gasteiger partial charge in [0.05, 0.1) is 26.4 Å².